The fourth-order valence-corrected chi connectivity index (χ4v) is 4.36. The van der Waals surface area contributed by atoms with Crippen molar-refractivity contribution in [2.24, 2.45) is 0 Å². The number of aryl methyl sites for hydroxylation is 2. The van der Waals surface area contributed by atoms with E-state index in [9.17, 15) is 5.26 Å². The average molecular weight is 367 g/mol. The molecule has 3 aromatic rings. The molecular weight excluding hydrogens is 350 g/mol. The van der Waals surface area contributed by atoms with E-state index in [0.717, 1.165) is 38.3 Å². The number of thiazole rings is 1. The van der Waals surface area contributed by atoms with Gasteiger partial charge in [-0.05, 0) is 37.6 Å². The Morgan fingerprint density at radius 2 is 2.08 bits per heavy atom. The minimum Gasteiger partial charge on any atom is -0.497 e. The van der Waals surface area contributed by atoms with Crippen LogP contribution in [-0.2, 0) is 5.75 Å². The summed E-state index contributed by atoms with van der Waals surface area (Å²) in [5.41, 5.74) is 4.57. The standard InChI is InChI=1S/C19H17N3OS2/c1-12-7-13(2)21-19(17(12)9-20)25-11-15-10-24-18(22-15)14-5-4-6-16(8-14)23-3/h4-8,10H,11H2,1-3H3. The number of thioether (sulfide) groups is 1. The van der Waals surface area contributed by atoms with Crippen LogP contribution in [0, 0.1) is 25.2 Å². The van der Waals surface area contributed by atoms with E-state index in [1.165, 1.54) is 0 Å². The Balaban J connectivity index is 1.78. The Morgan fingerprint density at radius 1 is 1.24 bits per heavy atom. The lowest BCUT2D eigenvalue weighted by Crippen LogP contribution is -1.95. The first-order chi connectivity index (χ1) is 12.1. The van der Waals surface area contributed by atoms with Gasteiger partial charge in [0.05, 0.1) is 18.4 Å². The van der Waals surface area contributed by atoms with E-state index in [1.807, 2.05) is 44.2 Å². The van der Waals surface area contributed by atoms with Crippen molar-refractivity contribution in [1.82, 2.24) is 9.97 Å². The van der Waals surface area contributed by atoms with E-state index < -0.39 is 0 Å². The van der Waals surface area contributed by atoms with Gasteiger partial charge in [-0.3, -0.25) is 0 Å². The predicted molar refractivity (Wildman–Crippen MR) is 102 cm³/mol. The zero-order chi connectivity index (χ0) is 17.8. The highest BCUT2D eigenvalue weighted by Gasteiger charge is 2.11. The first kappa shape index (κ1) is 17.5. The molecule has 0 amide bonds. The second-order valence-corrected chi connectivity index (χ2v) is 7.36. The molecule has 0 aliphatic heterocycles. The summed E-state index contributed by atoms with van der Waals surface area (Å²) in [4.78, 5) is 9.21. The molecule has 4 nitrogen and oxygen atoms in total. The van der Waals surface area contributed by atoms with Crippen LogP contribution in [0.5, 0.6) is 5.75 Å². The van der Waals surface area contributed by atoms with Crippen molar-refractivity contribution in [1.29, 1.82) is 5.26 Å². The van der Waals surface area contributed by atoms with Gasteiger partial charge in [0, 0.05) is 22.4 Å². The fraction of sp³-hybridized carbons (Fsp3) is 0.211. The number of pyridine rings is 1. The van der Waals surface area contributed by atoms with Crippen molar-refractivity contribution in [3.05, 3.63) is 58.2 Å². The first-order valence-corrected chi connectivity index (χ1v) is 9.57. The number of benzene rings is 1. The second kappa shape index (κ2) is 7.68. The van der Waals surface area contributed by atoms with E-state index in [1.54, 1.807) is 30.2 Å². The highest BCUT2D eigenvalue weighted by molar-refractivity contribution is 7.98. The number of aromatic nitrogens is 2. The average Bonchev–Trinajstić information content (AvgIpc) is 3.08. The van der Waals surface area contributed by atoms with Crippen LogP contribution < -0.4 is 4.74 Å². The molecule has 0 spiro atoms. The number of hydrogen-bond acceptors (Lipinski definition) is 6. The molecule has 0 atom stereocenters. The largest absolute Gasteiger partial charge is 0.497 e. The van der Waals surface area contributed by atoms with Gasteiger partial charge in [0.2, 0.25) is 0 Å². The molecular formula is C19H17N3OS2. The van der Waals surface area contributed by atoms with E-state index in [4.69, 9.17) is 9.72 Å². The Hall–Kier alpha value is -2.36. The normalized spacial score (nSPS) is 10.5. The van der Waals surface area contributed by atoms with Crippen LogP contribution in [0.4, 0.5) is 0 Å². The Labute approximate surface area is 155 Å². The molecule has 126 valence electrons. The molecule has 1 aromatic carbocycles. The molecule has 0 N–H and O–H groups in total. The molecule has 0 radical (unpaired) electrons. The summed E-state index contributed by atoms with van der Waals surface area (Å²) < 4.78 is 5.27. The summed E-state index contributed by atoms with van der Waals surface area (Å²) in [7, 11) is 1.66. The SMILES string of the molecule is COc1cccc(-c2nc(CSc3nc(C)cc(C)c3C#N)cs2)c1. The third-order valence-electron chi connectivity index (χ3n) is 3.65. The molecule has 6 heteroatoms. The van der Waals surface area contributed by atoms with Crippen molar-refractivity contribution in [3.63, 3.8) is 0 Å². The third-order valence-corrected chi connectivity index (χ3v) is 5.60. The van der Waals surface area contributed by atoms with Crippen LogP contribution in [0.2, 0.25) is 0 Å². The summed E-state index contributed by atoms with van der Waals surface area (Å²) in [6.45, 7) is 3.89. The van der Waals surface area contributed by atoms with Crippen LogP contribution in [-0.4, -0.2) is 17.1 Å². The number of methoxy groups -OCH3 is 1. The zero-order valence-electron chi connectivity index (χ0n) is 14.2. The van der Waals surface area contributed by atoms with Crippen LogP contribution in [0.3, 0.4) is 0 Å². The van der Waals surface area contributed by atoms with Gasteiger partial charge < -0.3 is 4.74 Å². The minimum absolute atomic E-state index is 0.652. The van der Waals surface area contributed by atoms with Crippen LogP contribution in [0.15, 0.2) is 40.7 Å². The number of nitrogens with zero attached hydrogens (tertiary/aromatic N) is 3. The maximum Gasteiger partial charge on any atom is 0.123 e. The van der Waals surface area contributed by atoms with Crippen molar-refractivity contribution in [3.8, 4) is 22.4 Å². The summed E-state index contributed by atoms with van der Waals surface area (Å²) >= 11 is 3.16. The maximum absolute atomic E-state index is 9.36. The third kappa shape index (κ3) is 4.01. The van der Waals surface area contributed by atoms with Gasteiger partial charge in [-0.15, -0.1) is 11.3 Å². The molecule has 0 fully saturated rings. The van der Waals surface area contributed by atoms with E-state index in [0.29, 0.717) is 11.3 Å². The van der Waals surface area contributed by atoms with E-state index >= 15 is 0 Å². The molecule has 0 unspecified atom stereocenters. The van der Waals surface area contributed by atoms with Gasteiger partial charge in [-0.25, -0.2) is 9.97 Å². The first-order valence-electron chi connectivity index (χ1n) is 7.70. The Bertz CT molecular complexity index is 944. The number of nitriles is 1. The van der Waals surface area contributed by atoms with Crippen LogP contribution in [0.1, 0.15) is 22.5 Å². The lowest BCUT2D eigenvalue weighted by Gasteiger charge is -2.06. The fourth-order valence-electron chi connectivity index (χ4n) is 2.45. The summed E-state index contributed by atoms with van der Waals surface area (Å²) in [6.07, 6.45) is 0. The molecule has 0 saturated carbocycles. The second-order valence-electron chi connectivity index (χ2n) is 5.54. The smallest absolute Gasteiger partial charge is 0.123 e. The number of hydrogen-bond donors (Lipinski definition) is 0. The number of rotatable bonds is 5. The highest BCUT2D eigenvalue weighted by Crippen LogP contribution is 2.30. The molecule has 2 aromatic heterocycles. The van der Waals surface area contributed by atoms with Crippen LogP contribution in [0.25, 0.3) is 10.6 Å². The van der Waals surface area contributed by atoms with E-state index in [2.05, 4.69) is 16.4 Å². The molecule has 25 heavy (non-hydrogen) atoms. The molecule has 0 saturated heterocycles. The van der Waals surface area contributed by atoms with Gasteiger partial charge in [-0.1, -0.05) is 23.9 Å². The van der Waals surface area contributed by atoms with Gasteiger partial charge >= 0.3 is 0 Å². The van der Waals surface area contributed by atoms with Crippen molar-refractivity contribution in [2.45, 2.75) is 24.6 Å². The van der Waals surface area contributed by atoms with Gasteiger partial charge in [0.15, 0.2) is 0 Å². The van der Waals surface area contributed by atoms with Gasteiger partial charge in [0.25, 0.3) is 0 Å². The Morgan fingerprint density at radius 3 is 2.84 bits per heavy atom. The molecule has 0 aliphatic carbocycles. The van der Waals surface area contributed by atoms with Gasteiger partial charge in [0.1, 0.15) is 21.9 Å². The van der Waals surface area contributed by atoms with Crippen LogP contribution >= 0.6 is 23.1 Å². The number of ether oxygens (including phenoxy) is 1. The van der Waals surface area contributed by atoms with E-state index in [-0.39, 0.29) is 0 Å². The minimum atomic E-state index is 0.652. The quantitative estimate of drug-likeness (QED) is 0.594. The highest BCUT2D eigenvalue weighted by atomic mass is 32.2. The van der Waals surface area contributed by atoms with Gasteiger partial charge in [-0.2, -0.15) is 5.26 Å². The van der Waals surface area contributed by atoms with Crippen molar-refractivity contribution in [2.75, 3.05) is 7.11 Å². The molecule has 2 heterocycles. The predicted octanol–water partition coefficient (Wildman–Crippen LogP) is 4.99. The summed E-state index contributed by atoms with van der Waals surface area (Å²) in [5, 5.41) is 13.1. The topological polar surface area (TPSA) is 58.8 Å². The van der Waals surface area contributed by atoms with Crippen molar-refractivity contribution >= 4 is 23.1 Å². The molecule has 3 rings (SSSR count). The monoisotopic (exact) mass is 367 g/mol. The lowest BCUT2D eigenvalue weighted by molar-refractivity contribution is 0.415. The lowest BCUT2D eigenvalue weighted by atomic mass is 10.1. The zero-order valence-corrected chi connectivity index (χ0v) is 15.9. The summed E-state index contributed by atoms with van der Waals surface area (Å²) in [6, 6.07) is 12.1. The van der Waals surface area contributed by atoms with Crippen molar-refractivity contribution < 1.29 is 4.74 Å². The molecule has 0 aliphatic rings. The maximum atomic E-state index is 9.36. The molecule has 0 bridgehead atoms. The summed E-state index contributed by atoms with van der Waals surface area (Å²) in [5.74, 6) is 1.51. The Kier molecular flexibility index (Phi) is 5.37.